The molecule has 0 spiro atoms. The fraction of sp³-hybridized carbons (Fsp3) is 0.385. The average Bonchev–Trinajstić information content (AvgIpc) is 3.10. The van der Waals surface area contributed by atoms with E-state index < -0.39 is 6.29 Å². The normalized spacial score (nSPS) is 28.0. The number of Topliss-reactive ketones (excluding diaryl/α,β-unsaturated/α-hetero) is 1. The lowest BCUT2D eigenvalue weighted by Gasteiger charge is -2.25. The molecule has 7 nitrogen and oxygen atoms in total. The Bertz CT molecular complexity index is 741. The molecular formula is C13H12N4O3S. The first-order valence-corrected chi connectivity index (χ1v) is 7.04. The molecule has 2 aliphatic heterocycles. The molecule has 0 radical (unpaired) electrons. The van der Waals surface area contributed by atoms with Crippen molar-refractivity contribution in [3.63, 3.8) is 0 Å². The Morgan fingerprint density at radius 3 is 2.86 bits per heavy atom. The molecule has 108 valence electrons. The molecule has 0 amide bonds. The number of carbonyl (C=O) groups is 1. The minimum absolute atomic E-state index is 0.0788. The predicted octanol–water partition coefficient (Wildman–Crippen LogP) is 1.05. The second-order valence-electron chi connectivity index (χ2n) is 5.03. The molecule has 2 aromatic rings. The number of tetrazole rings is 1. The van der Waals surface area contributed by atoms with E-state index in [1.54, 1.807) is 9.36 Å². The van der Waals surface area contributed by atoms with E-state index in [1.165, 1.54) is 0 Å². The third-order valence-corrected chi connectivity index (χ3v) is 4.09. The minimum Gasteiger partial charge on any atom is -0.343 e. The lowest BCUT2D eigenvalue weighted by Crippen LogP contribution is -2.37. The number of fused-ring (bicyclic) bond motifs is 2. The Morgan fingerprint density at radius 2 is 2.05 bits per heavy atom. The summed E-state index contributed by atoms with van der Waals surface area (Å²) in [5.41, 5.74) is 0.831. The summed E-state index contributed by atoms with van der Waals surface area (Å²) in [7, 11) is 0. The van der Waals surface area contributed by atoms with Gasteiger partial charge in [-0.2, -0.15) is 4.68 Å². The SMILES string of the molecule is O=C1C[C@H](n2nnn(-c3ccccc3)c2=S)[C@H]2CO[C@H]1O2. The quantitative estimate of drug-likeness (QED) is 0.772. The molecule has 2 bridgehead atoms. The Labute approximate surface area is 125 Å². The first-order chi connectivity index (χ1) is 10.2. The molecule has 1 aromatic carbocycles. The maximum atomic E-state index is 11.9. The number of nitrogens with zero attached hydrogens (tertiary/aromatic N) is 4. The van der Waals surface area contributed by atoms with Crippen molar-refractivity contribution in [3.05, 3.63) is 35.1 Å². The van der Waals surface area contributed by atoms with Gasteiger partial charge in [0.15, 0.2) is 5.78 Å². The molecule has 0 aliphatic carbocycles. The van der Waals surface area contributed by atoms with Gasteiger partial charge < -0.3 is 9.47 Å². The Morgan fingerprint density at radius 1 is 1.24 bits per heavy atom. The highest BCUT2D eigenvalue weighted by Gasteiger charge is 2.45. The minimum atomic E-state index is -0.718. The van der Waals surface area contributed by atoms with Gasteiger partial charge >= 0.3 is 0 Å². The Balaban J connectivity index is 1.72. The van der Waals surface area contributed by atoms with Crippen LogP contribution in [0, 0.1) is 4.77 Å². The standard InChI is InChI=1S/C13H12N4O3S/c18-10-6-9(11-7-19-12(10)20-11)17-13(21)16(14-15-17)8-4-2-1-3-5-8/h1-5,9,11-12H,6-7H2/t9-,11+,12-/m0/s1. The van der Waals surface area contributed by atoms with Gasteiger partial charge in [0.05, 0.1) is 18.3 Å². The number of rotatable bonds is 2. The number of para-hydroxylation sites is 1. The maximum absolute atomic E-state index is 11.9. The third kappa shape index (κ3) is 2.03. The number of hydrogen-bond donors (Lipinski definition) is 0. The lowest BCUT2D eigenvalue weighted by atomic mass is 10.0. The summed E-state index contributed by atoms with van der Waals surface area (Å²) < 4.78 is 14.4. The second-order valence-corrected chi connectivity index (χ2v) is 5.40. The summed E-state index contributed by atoms with van der Waals surface area (Å²) >= 11 is 5.43. The zero-order valence-corrected chi connectivity index (χ0v) is 11.8. The fourth-order valence-electron chi connectivity index (χ4n) is 2.66. The van der Waals surface area contributed by atoms with Crippen LogP contribution in [-0.2, 0) is 14.3 Å². The van der Waals surface area contributed by atoms with Gasteiger partial charge in [0.1, 0.15) is 6.10 Å². The van der Waals surface area contributed by atoms with Gasteiger partial charge in [-0.15, -0.1) is 0 Å². The van der Waals surface area contributed by atoms with Crippen LogP contribution in [0.25, 0.3) is 5.69 Å². The number of ketones is 1. The van der Waals surface area contributed by atoms with E-state index in [1.807, 2.05) is 30.3 Å². The zero-order valence-electron chi connectivity index (χ0n) is 11.0. The third-order valence-electron chi connectivity index (χ3n) is 3.73. The van der Waals surface area contributed by atoms with Crippen LogP contribution in [0.5, 0.6) is 0 Å². The molecule has 3 heterocycles. The zero-order chi connectivity index (χ0) is 14.4. The summed E-state index contributed by atoms with van der Waals surface area (Å²) in [4.78, 5) is 11.9. The topological polar surface area (TPSA) is 71.2 Å². The fourth-order valence-corrected chi connectivity index (χ4v) is 2.98. The number of ether oxygens (including phenoxy) is 2. The van der Waals surface area contributed by atoms with Crippen LogP contribution in [0.2, 0.25) is 0 Å². The maximum Gasteiger partial charge on any atom is 0.221 e. The summed E-state index contributed by atoms with van der Waals surface area (Å²) in [6, 6.07) is 9.25. The Kier molecular flexibility index (Phi) is 2.95. The summed E-state index contributed by atoms with van der Waals surface area (Å²) in [5.74, 6) is -0.0788. The van der Waals surface area contributed by atoms with Gasteiger partial charge in [-0.25, -0.2) is 4.68 Å². The molecule has 0 unspecified atom stereocenters. The van der Waals surface area contributed by atoms with E-state index in [2.05, 4.69) is 10.4 Å². The molecule has 1 aromatic heterocycles. The number of benzene rings is 1. The molecule has 2 aliphatic rings. The van der Waals surface area contributed by atoms with Crippen molar-refractivity contribution in [1.29, 1.82) is 0 Å². The molecule has 2 fully saturated rings. The second kappa shape index (κ2) is 4.83. The van der Waals surface area contributed by atoms with Crippen molar-refractivity contribution >= 4 is 18.0 Å². The van der Waals surface area contributed by atoms with Crippen molar-refractivity contribution in [2.24, 2.45) is 0 Å². The van der Waals surface area contributed by atoms with Gasteiger partial charge in [0.25, 0.3) is 0 Å². The van der Waals surface area contributed by atoms with Crippen LogP contribution in [0.4, 0.5) is 0 Å². The smallest absolute Gasteiger partial charge is 0.221 e. The monoisotopic (exact) mass is 304 g/mol. The van der Waals surface area contributed by atoms with E-state index in [-0.39, 0.29) is 17.9 Å². The van der Waals surface area contributed by atoms with Crippen LogP contribution in [-0.4, -0.2) is 44.6 Å². The van der Waals surface area contributed by atoms with Crippen LogP contribution in [0.1, 0.15) is 12.5 Å². The van der Waals surface area contributed by atoms with Crippen molar-refractivity contribution in [2.75, 3.05) is 6.61 Å². The van der Waals surface area contributed by atoms with Crippen LogP contribution in [0.3, 0.4) is 0 Å². The van der Waals surface area contributed by atoms with Crippen molar-refractivity contribution in [1.82, 2.24) is 19.8 Å². The van der Waals surface area contributed by atoms with E-state index in [9.17, 15) is 4.79 Å². The van der Waals surface area contributed by atoms with Crippen molar-refractivity contribution in [2.45, 2.75) is 24.9 Å². The molecule has 8 heteroatoms. The summed E-state index contributed by atoms with van der Waals surface area (Å²) in [6.07, 6.45) is -0.623. The van der Waals surface area contributed by atoms with E-state index in [0.717, 1.165) is 5.69 Å². The molecule has 0 saturated carbocycles. The summed E-state index contributed by atoms with van der Waals surface area (Å²) in [5, 5.41) is 8.19. The van der Waals surface area contributed by atoms with Gasteiger partial charge in [-0.1, -0.05) is 18.2 Å². The highest BCUT2D eigenvalue weighted by molar-refractivity contribution is 7.71. The highest BCUT2D eigenvalue weighted by Crippen LogP contribution is 2.32. The Hall–Kier alpha value is -1.90. The molecule has 0 N–H and O–H groups in total. The summed E-state index contributed by atoms with van der Waals surface area (Å²) in [6.45, 7) is 0.376. The van der Waals surface area contributed by atoms with Crippen molar-refractivity contribution in [3.8, 4) is 5.69 Å². The van der Waals surface area contributed by atoms with Crippen molar-refractivity contribution < 1.29 is 14.3 Å². The number of carbonyl (C=O) groups excluding carboxylic acids is 1. The lowest BCUT2D eigenvalue weighted by molar-refractivity contribution is -0.156. The van der Waals surface area contributed by atoms with Gasteiger partial charge in [-0.05, 0) is 34.8 Å². The van der Waals surface area contributed by atoms with E-state index >= 15 is 0 Å². The molecular weight excluding hydrogens is 292 g/mol. The molecule has 3 atom stereocenters. The van der Waals surface area contributed by atoms with Crippen LogP contribution >= 0.6 is 12.2 Å². The molecule has 4 rings (SSSR count). The van der Waals surface area contributed by atoms with Crippen LogP contribution in [0.15, 0.2) is 30.3 Å². The van der Waals surface area contributed by atoms with Crippen LogP contribution < -0.4 is 0 Å². The molecule has 21 heavy (non-hydrogen) atoms. The average molecular weight is 304 g/mol. The van der Waals surface area contributed by atoms with E-state index in [0.29, 0.717) is 17.8 Å². The largest absolute Gasteiger partial charge is 0.343 e. The first-order valence-electron chi connectivity index (χ1n) is 6.64. The molecule has 2 saturated heterocycles. The highest BCUT2D eigenvalue weighted by atomic mass is 32.1. The van der Waals surface area contributed by atoms with Gasteiger partial charge in [-0.3, -0.25) is 4.79 Å². The first kappa shape index (κ1) is 12.8. The number of hydrogen-bond acceptors (Lipinski definition) is 6. The number of aromatic nitrogens is 4. The van der Waals surface area contributed by atoms with E-state index in [4.69, 9.17) is 21.7 Å². The van der Waals surface area contributed by atoms with Gasteiger partial charge in [0, 0.05) is 6.42 Å². The predicted molar refractivity (Wildman–Crippen MR) is 73.5 cm³/mol. The van der Waals surface area contributed by atoms with Gasteiger partial charge in [0.2, 0.25) is 11.1 Å².